The van der Waals surface area contributed by atoms with Crippen molar-refractivity contribution in [2.75, 3.05) is 0 Å². The van der Waals surface area contributed by atoms with E-state index in [0.29, 0.717) is 19.3 Å². The highest BCUT2D eigenvalue weighted by molar-refractivity contribution is 5.84. The van der Waals surface area contributed by atoms with Crippen molar-refractivity contribution in [2.24, 2.45) is 0 Å². The van der Waals surface area contributed by atoms with Gasteiger partial charge in [-0.25, -0.2) is 0 Å². The Hall–Kier alpha value is -3.86. The normalized spacial score (nSPS) is 11.9. The van der Waals surface area contributed by atoms with Crippen LogP contribution in [-0.2, 0) is 35.4 Å². The van der Waals surface area contributed by atoms with Crippen molar-refractivity contribution in [1.82, 2.24) is 9.88 Å². The van der Waals surface area contributed by atoms with E-state index < -0.39 is 5.97 Å². The summed E-state index contributed by atoms with van der Waals surface area (Å²) in [6, 6.07) is 29.2. The summed E-state index contributed by atoms with van der Waals surface area (Å²) in [7, 11) is 0. The number of aliphatic carboxylic acids is 1. The van der Waals surface area contributed by atoms with E-state index in [0.717, 1.165) is 57.1 Å². The van der Waals surface area contributed by atoms with Gasteiger partial charge in [0.15, 0.2) is 0 Å². The maximum Gasteiger partial charge on any atom is 0.303 e. The summed E-state index contributed by atoms with van der Waals surface area (Å²) >= 11 is 0. The van der Waals surface area contributed by atoms with Gasteiger partial charge in [-0.3, -0.25) is 9.59 Å². The Morgan fingerprint density at radius 1 is 0.725 bits per heavy atom. The minimum Gasteiger partial charge on any atom is -0.481 e. The number of para-hydroxylation sites is 1. The molecule has 1 atom stereocenters. The molecule has 3 aromatic carbocycles. The maximum absolute atomic E-state index is 12.8. The molecule has 0 bridgehead atoms. The average Bonchev–Trinajstić information content (AvgIpc) is 3.31. The molecule has 4 aromatic rings. The molecule has 5 nitrogen and oxygen atoms in total. The van der Waals surface area contributed by atoms with Crippen molar-refractivity contribution in [3.63, 3.8) is 0 Å². The van der Waals surface area contributed by atoms with Crippen LogP contribution in [0.25, 0.3) is 10.9 Å². The van der Waals surface area contributed by atoms with Crippen LogP contribution in [0.2, 0.25) is 0 Å². The zero-order valence-corrected chi connectivity index (χ0v) is 23.4. The highest BCUT2D eigenvalue weighted by Gasteiger charge is 2.18. The molecule has 0 saturated heterocycles. The predicted molar refractivity (Wildman–Crippen MR) is 162 cm³/mol. The van der Waals surface area contributed by atoms with Crippen LogP contribution in [0.5, 0.6) is 0 Å². The number of rotatable bonds is 17. The largest absolute Gasteiger partial charge is 0.481 e. The van der Waals surface area contributed by atoms with E-state index in [1.807, 2.05) is 18.2 Å². The summed E-state index contributed by atoms with van der Waals surface area (Å²) in [5.74, 6) is -0.814. The second-order valence-corrected chi connectivity index (χ2v) is 10.8. The highest BCUT2D eigenvalue weighted by Crippen LogP contribution is 2.24. The molecular weight excluding hydrogens is 496 g/mol. The van der Waals surface area contributed by atoms with Gasteiger partial charge in [0, 0.05) is 42.5 Å². The fourth-order valence-corrected chi connectivity index (χ4v) is 5.47. The number of nitrogens with one attached hydrogen (secondary N) is 1. The monoisotopic (exact) mass is 538 g/mol. The molecule has 0 unspecified atom stereocenters. The van der Waals surface area contributed by atoms with Gasteiger partial charge < -0.3 is 15.0 Å². The van der Waals surface area contributed by atoms with Crippen LogP contribution in [0.4, 0.5) is 0 Å². The molecule has 0 aliphatic heterocycles. The molecular formula is C35H42N2O3. The van der Waals surface area contributed by atoms with Crippen LogP contribution in [0, 0.1) is 0 Å². The maximum atomic E-state index is 12.8. The van der Waals surface area contributed by atoms with E-state index >= 15 is 0 Å². The van der Waals surface area contributed by atoms with E-state index in [-0.39, 0.29) is 18.4 Å². The lowest BCUT2D eigenvalue weighted by molar-refractivity contribution is -0.137. The van der Waals surface area contributed by atoms with E-state index in [4.69, 9.17) is 0 Å². The van der Waals surface area contributed by atoms with Crippen molar-refractivity contribution in [3.8, 4) is 0 Å². The van der Waals surface area contributed by atoms with Crippen molar-refractivity contribution >= 4 is 22.8 Å². The number of unbranched alkanes of at least 4 members (excludes halogenated alkanes) is 3. The Balaban J connectivity index is 1.30. The summed E-state index contributed by atoms with van der Waals surface area (Å²) in [6.07, 6.45) is 11.0. The van der Waals surface area contributed by atoms with Gasteiger partial charge in [0.2, 0.25) is 5.91 Å². The third-order valence-electron chi connectivity index (χ3n) is 7.58. The van der Waals surface area contributed by atoms with Gasteiger partial charge in [-0.1, -0.05) is 91.7 Å². The van der Waals surface area contributed by atoms with E-state index in [1.54, 1.807) is 0 Å². The fourth-order valence-electron chi connectivity index (χ4n) is 5.47. The van der Waals surface area contributed by atoms with Crippen LogP contribution >= 0.6 is 0 Å². The molecule has 0 aliphatic carbocycles. The average molecular weight is 539 g/mol. The molecule has 0 spiro atoms. The van der Waals surface area contributed by atoms with Crippen molar-refractivity contribution in [1.29, 1.82) is 0 Å². The first kappa shape index (κ1) is 29.1. The molecule has 1 heterocycles. The Morgan fingerprint density at radius 2 is 1.35 bits per heavy atom. The quantitative estimate of drug-likeness (QED) is 0.138. The lowest BCUT2D eigenvalue weighted by Gasteiger charge is -2.18. The summed E-state index contributed by atoms with van der Waals surface area (Å²) in [5.41, 5.74) is 5.04. The Labute approximate surface area is 238 Å². The van der Waals surface area contributed by atoms with Gasteiger partial charge in [-0.05, 0) is 67.7 Å². The summed E-state index contributed by atoms with van der Waals surface area (Å²) in [5, 5.41) is 13.7. The second-order valence-electron chi connectivity index (χ2n) is 10.8. The molecule has 210 valence electrons. The predicted octanol–water partition coefficient (Wildman–Crippen LogP) is 7.36. The zero-order chi connectivity index (χ0) is 28.0. The molecule has 5 heteroatoms. The van der Waals surface area contributed by atoms with Gasteiger partial charge in [0.1, 0.15) is 0 Å². The lowest BCUT2D eigenvalue weighted by atomic mass is 10.0. The molecule has 0 aliphatic rings. The number of aryl methyl sites for hydroxylation is 3. The third-order valence-corrected chi connectivity index (χ3v) is 7.58. The molecule has 2 N–H and O–H groups in total. The molecule has 0 saturated carbocycles. The summed E-state index contributed by atoms with van der Waals surface area (Å²) in [6.45, 7) is 0.909. The molecule has 40 heavy (non-hydrogen) atoms. The number of nitrogens with zero attached hydrogens (tertiary/aromatic N) is 1. The second kappa shape index (κ2) is 15.7. The van der Waals surface area contributed by atoms with Gasteiger partial charge in [-0.2, -0.15) is 0 Å². The molecule has 1 aromatic heterocycles. The van der Waals surface area contributed by atoms with Crippen LogP contribution in [0.15, 0.2) is 91.1 Å². The number of amides is 1. The molecule has 1 amide bonds. The Kier molecular flexibility index (Phi) is 11.4. The topological polar surface area (TPSA) is 71.3 Å². The summed E-state index contributed by atoms with van der Waals surface area (Å²) < 4.78 is 2.30. The number of benzene rings is 3. The van der Waals surface area contributed by atoms with Crippen molar-refractivity contribution < 1.29 is 14.7 Å². The minimum absolute atomic E-state index is 0.0186. The smallest absolute Gasteiger partial charge is 0.303 e. The fraction of sp³-hybridized carbons (Fsp3) is 0.371. The molecule has 4 rings (SSSR count). The first-order valence-corrected chi connectivity index (χ1v) is 14.7. The van der Waals surface area contributed by atoms with Gasteiger partial charge in [0.25, 0.3) is 0 Å². The van der Waals surface area contributed by atoms with Crippen LogP contribution in [0.3, 0.4) is 0 Å². The van der Waals surface area contributed by atoms with E-state index in [1.165, 1.54) is 22.0 Å². The first-order chi connectivity index (χ1) is 19.6. The van der Waals surface area contributed by atoms with Crippen LogP contribution in [0.1, 0.15) is 68.1 Å². The van der Waals surface area contributed by atoms with Gasteiger partial charge in [0.05, 0.1) is 0 Å². The number of aromatic nitrogens is 1. The van der Waals surface area contributed by atoms with Crippen molar-refractivity contribution in [3.05, 3.63) is 108 Å². The number of hydrogen-bond donors (Lipinski definition) is 2. The standard InChI is InChI=1S/C35H42N2O3/c38-34(22-10-2-1-5-14-28-15-6-3-7-16-28)36-31(23-24-35(39)40)26-30-27-37(33-21-12-11-20-32(30)33)25-13-19-29-17-8-4-9-18-29/h3-4,6-9,11-12,15-18,20-21,27,31H,1-2,5,10,13-14,19,22-26H2,(H,36,38)(H,39,40)/t31-/m0/s1. The number of hydrogen-bond acceptors (Lipinski definition) is 2. The Morgan fingerprint density at radius 3 is 2.05 bits per heavy atom. The van der Waals surface area contributed by atoms with Gasteiger partial charge in [-0.15, -0.1) is 0 Å². The number of carboxylic acid groups (broad SMARTS) is 1. The van der Waals surface area contributed by atoms with Crippen molar-refractivity contribution in [2.45, 2.75) is 83.2 Å². The summed E-state index contributed by atoms with van der Waals surface area (Å²) in [4.78, 5) is 24.2. The first-order valence-electron chi connectivity index (χ1n) is 14.7. The lowest BCUT2D eigenvalue weighted by Crippen LogP contribution is -2.36. The Bertz CT molecular complexity index is 1330. The highest BCUT2D eigenvalue weighted by atomic mass is 16.4. The zero-order valence-electron chi connectivity index (χ0n) is 23.4. The van der Waals surface area contributed by atoms with E-state index in [2.05, 4.69) is 82.8 Å². The number of fused-ring (bicyclic) bond motifs is 1. The SMILES string of the molecule is O=C(O)CC[C@@H](Cc1cn(CCCc2ccccc2)c2ccccc12)NC(=O)CCCCCCc1ccccc1. The van der Waals surface area contributed by atoms with E-state index in [9.17, 15) is 14.7 Å². The van der Waals surface area contributed by atoms with Crippen LogP contribution in [-0.4, -0.2) is 27.6 Å². The number of carbonyl (C=O) groups excluding carboxylic acids is 1. The molecule has 0 radical (unpaired) electrons. The van der Waals surface area contributed by atoms with Crippen LogP contribution < -0.4 is 5.32 Å². The third kappa shape index (κ3) is 9.41. The number of carbonyl (C=O) groups is 2. The number of carboxylic acids is 1. The minimum atomic E-state index is -0.832. The van der Waals surface area contributed by atoms with Gasteiger partial charge >= 0.3 is 5.97 Å². The molecule has 0 fully saturated rings.